The van der Waals surface area contributed by atoms with Gasteiger partial charge in [0.1, 0.15) is 23.6 Å². The van der Waals surface area contributed by atoms with Crippen LogP contribution < -0.4 is 15.5 Å². The number of nitrogens with zero attached hydrogens (tertiary/aromatic N) is 5. The van der Waals surface area contributed by atoms with Gasteiger partial charge in [0.25, 0.3) is 0 Å². The average Bonchev–Trinajstić information content (AvgIpc) is 3.41. The second kappa shape index (κ2) is 8.89. The van der Waals surface area contributed by atoms with Crippen molar-refractivity contribution in [2.75, 3.05) is 25.0 Å². The van der Waals surface area contributed by atoms with Crippen molar-refractivity contribution < 1.29 is 8.78 Å². The number of guanidine groups is 1. The Kier molecular flexibility index (Phi) is 5.87. The molecular formula is C21H23F2N7. The number of halogens is 2. The SMILES string of the molecule is CN=C(NCc1nncn1-c1ccccc1)NC1CCN(c2c(F)cccc2F)C1. The molecular weight excluding hydrogens is 388 g/mol. The molecule has 0 amide bonds. The second-order valence-corrected chi connectivity index (χ2v) is 7.02. The molecule has 1 aliphatic rings. The van der Waals surface area contributed by atoms with Crippen LogP contribution in [0.15, 0.2) is 59.9 Å². The van der Waals surface area contributed by atoms with Gasteiger partial charge in [-0.05, 0) is 30.7 Å². The minimum absolute atomic E-state index is 0.0159. The first-order chi connectivity index (χ1) is 14.7. The molecule has 156 valence electrons. The first kappa shape index (κ1) is 19.8. The summed E-state index contributed by atoms with van der Waals surface area (Å²) < 4.78 is 30.0. The van der Waals surface area contributed by atoms with Gasteiger partial charge in [0.15, 0.2) is 11.8 Å². The number of hydrogen-bond donors (Lipinski definition) is 2. The molecule has 9 heteroatoms. The summed E-state index contributed by atoms with van der Waals surface area (Å²) in [6, 6.07) is 13.8. The van der Waals surface area contributed by atoms with E-state index in [-0.39, 0.29) is 11.7 Å². The lowest BCUT2D eigenvalue weighted by Gasteiger charge is -2.21. The van der Waals surface area contributed by atoms with Gasteiger partial charge in [-0.25, -0.2) is 8.78 Å². The molecule has 2 heterocycles. The number of para-hydroxylation sites is 2. The standard InChI is InChI=1S/C21H23F2N7/c1-24-21(25-12-19-28-26-14-30(19)16-6-3-2-4-7-16)27-15-10-11-29(13-15)20-17(22)8-5-9-18(20)23/h2-9,14-15H,10-13H2,1H3,(H2,24,25,27). The summed E-state index contributed by atoms with van der Waals surface area (Å²) in [7, 11) is 1.68. The zero-order valence-electron chi connectivity index (χ0n) is 16.6. The Morgan fingerprint density at radius 2 is 1.90 bits per heavy atom. The van der Waals surface area contributed by atoms with Crippen molar-refractivity contribution in [1.29, 1.82) is 0 Å². The van der Waals surface area contributed by atoms with Gasteiger partial charge < -0.3 is 15.5 Å². The summed E-state index contributed by atoms with van der Waals surface area (Å²) in [5.74, 6) is 0.251. The van der Waals surface area contributed by atoms with Crippen molar-refractivity contribution in [2.45, 2.75) is 19.0 Å². The fourth-order valence-corrected chi connectivity index (χ4v) is 3.61. The topological polar surface area (TPSA) is 70.4 Å². The quantitative estimate of drug-likeness (QED) is 0.499. The van der Waals surface area contributed by atoms with Crippen molar-refractivity contribution in [3.8, 4) is 5.69 Å². The number of aliphatic imine (C=N–C) groups is 1. The maximum atomic E-state index is 14.1. The zero-order chi connectivity index (χ0) is 20.9. The molecule has 30 heavy (non-hydrogen) atoms. The van der Waals surface area contributed by atoms with Crippen LogP contribution in [0.1, 0.15) is 12.2 Å². The Hall–Kier alpha value is -3.49. The number of nitrogens with one attached hydrogen (secondary N) is 2. The summed E-state index contributed by atoms with van der Waals surface area (Å²) >= 11 is 0. The highest BCUT2D eigenvalue weighted by atomic mass is 19.1. The predicted octanol–water partition coefficient (Wildman–Crippen LogP) is 2.49. The van der Waals surface area contributed by atoms with Crippen molar-refractivity contribution in [3.05, 3.63) is 72.3 Å². The van der Waals surface area contributed by atoms with Gasteiger partial charge >= 0.3 is 0 Å². The van der Waals surface area contributed by atoms with Crippen LogP contribution in [0.5, 0.6) is 0 Å². The zero-order valence-corrected chi connectivity index (χ0v) is 16.6. The Bertz CT molecular complexity index is 999. The van der Waals surface area contributed by atoms with Crippen LogP contribution >= 0.6 is 0 Å². The third kappa shape index (κ3) is 4.24. The highest BCUT2D eigenvalue weighted by Gasteiger charge is 2.27. The maximum Gasteiger partial charge on any atom is 0.191 e. The highest BCUT2D eigenvalue weighted by Crippen LogP contribution is 2.26. The molecule has 7 nitrogen and oxygen atoms in total. The van der Waals surface area contributed by atoms with Crippen LogP contribution in [0.3, 0.4) is 0 Å². The number of hydrogen-bond acceptors (Lipinski definition) is 4. The van der Waals surface area contributed by atoms with Crippen LogP contribution in [-0.4, -0.2) is 46.9 Å². The fourth-order valence-electron chi connectivity index (χ4n) is 3.61. The predicted molar refractivity (Wildman–Crippen MR) is 112 cm³/mol. The average molecular weight is 411 g/mol. The lowest BCUT2D eigenvalue weighted by atomic mass is 10.2. The smallest absolute Gasteiger partial charge is 0.191 e. The molecule has 1 aliphatic heterocycles. The van der Waals surface area contributed by atoms with Gasteiger partial charge in [-0.1, -0.05) is 24.3 Å². The van der Waals surface area contributed by atoms with Gasteiger partial charge in [0, 0.05) is 31.9 Å². The summed E-state index contributed by atoms with van der Waals surface area (Å²) in [4.78, 5) is 5.98. The van der Waals surface area contributed by atoms with E-state index in [0.29, 0.717) is 25.6 Å². The summed E-state index contributed by atoms with van der Waals surface area (Å²) in [5, 5.41) is 14.7. The number of anilines is 1. The second-order valence-electron chi connectivity index (χ2n) is 7.02. The summed E-state index contributed by atoms with van der Waals surface area (Å²) in [5.41, 5.74) is 1.00. The van der Waals surface area contributed by atoms with E-state index in [1.165, 1.54) is 18.2 Å². The van der Waals surface area contributed by atoms with Gasteiger partial charge in [-0.15, -0.1) is 10.2 Å². The molecule has 0 bridgehead atoms. The number of benzene rings is 2. The van der Waals surface area contributed by atoms with Crippen LogP contribution in [0.4, 0.5) is 14.5 Å². The summed E-state index contributed by atoms with van der Waals surface area (Å²) in [6.07, 6.45) is 2.41. The van der Waals surface area contributed by atoms with Gasteiger partial charge in [0.05, 0.1) is 6.54 Å². The van der Waals surface area contributed by atoms with E-state index in [9.17, 15) is 8.78 Å². The molecule has 2 aromatic carbocycles. The lowest BCUT2D eigenvalue weighted by molar-refractivity contribution is 0.575. The lowest BCUT2D eigenvalue weighted by Crippen LogP contribution is -2.44. The molecule has 2 N–H and O–H groups in total. The molecule has 1 aromatic heterocycles. The minimum atomic E-state index is -0.543. The molecule has 3 aromatic rings. The van der Waals surface area contributed by atoms with E-state index in [4.69, 9.17) is 0 Å². The third-order valence-corrected chi connectivity index (χ3v) is 5.07. The normalized spacial score (nSPS) is 16.7. The Balaban J connectivity index is 1.36. The van der Waals surface area contributed by atoms with Crippen molar-refractivity contribution in [1.82, 2.24) is 25.4 Å². The molecule has 1 unspecified atom stereocenters. The molecule has 0 radical (unpaired) electrons. The number of rotatable bonds is 5. The van der Waals surface area contributed by atoms with Crippen LogP contribution in [0.2, 0.25) is 0 Å². The van der Waals surface area contributed by atoms with Gasteiger partial charge in [-0.3, -0.25) is 9.56 Å². The first-order valence-corrected chi connectivity index (χ1v) is 9.76. The van der Waals surface area contributed by atoms with E-state index in [1.54, 1.807) is 18.3 Å². The van der Waals surface area contributed by atoms with Crippen LogP contribution in [-0.2, 0) is 6.54 Å². The van der Waals surface area contributed by atoms with Crippen molar-refractivity contribution >= 4 is 11.6 Å². The maximum absolute atomic E-state index is 14.1. The molecule has 4 rings (SSSR count). The van der Waals surface area contributed by atoms with E-state index >= 15 is 0 Å². The minimum Gasteiger partial charge on any atom is -0.365 e. The van der Waals surface area contributed by atoms with E-state index in [1.807, 2.05) is 34.9 Å². The van der Waals surface area contributed by atoms with Crippen molar-refractivity contribution in [3.63, 3.8) is 0 Å². The van der Waals surface area contributed by atoms with E-state index in [0.717, 1.165) is 17.9 Å². The Labute approximate surface area is 173 Å². The molecule has 1 fully saturated rings. The monoisotopic (exact) mass is 411 g/mol. The molecule has 1 saturated heterocycles. The Morgan fingerprint density at radius 1 is 1.13 bits per heavy atom. The first-order valence-electron chi connectivity index (χ1n) is 9.76. The van der Waals surface area contributed by atoms with E-state index in [2.05, 4.69) is 25.8 Å². The summed E-state index contributed by atoms with van der Waals surface area (Å²) in [6.45, 7) is 1.47. The van der Waals surface area contributed by atoms with Gasteiger partial charge in [0.2, 0.25) is 0 Å². The van der Waals surface area contributed by atoms with E-state index < -0.39 is 11.6 Å². The molecule has 1 atom stereocenters. The van der Waals surface area contributed by atoms with Crippen molar-refractivity contribution in [2.24, 2.45) is 4.99 Å². The third-order valence-electron chi connectivity index (χ3n) is 5.07. The molecule has 0 spiro atoms. The Morgan fingerprint density at radius 3 is 2.63 bits per heavy atom. The van der Waals surface area contributed by atoms with Crippen LogP contribution in [0.25, 0.3) is 5.69 Å². The van der Waals surface area contributed by atoms with Gasteiger partial charge in [-0.2, -0.15) is 0 Å². The van der Waals surface area contributed by atoms with Crippen LogP contribution in [0, 0.1) is 11.6 Å². The largest absolute Gasteiger partial charge is 0.365 e. The fraction of sp³-hybridized carbons (Fsp3) is 0.286. The molecule has 0 aliphatic carbocycles. The highest BCUT2D eigenvalue weighted by molar-refractivity contribution is 5.80. The molecule has 0 saturated carbocycles. The number of aromatic nitrogens is 3.